The summed E-state index contributed by atoms with van der Waals surface area (Å²) in [4.78, 5) is 13.3. The minimum atomic E-state index is -0.00767. The van der Waals surface area contributed by atoms with E-state index in [1.54, 1.807) is 0 Å². The summed E-state index contributed by atoms with van der Waals surface area (Å²) in [6.45, 7) is 21.4. The van der Waals surface area contributed by atoms with Crippen LogP contribution in [0.5, 0.6) is 0 Å². The molecule has 0 aromatic rings. The quantitative estimate of drug-likeness (QED) is 0.265. The van der Waals surface area contributed by atoms with Crippen LogP contribution >= 0.6 is 0 Å². The Morgan fingerprint density at radius 3 is 2.48 bits per heavy atom. The van der Waals surface area contributed by atoms with Gasteiger partial charge in [-0.05, 0) is 118 Å². The molecule has 5 rings (SSSR count). The first-order chi connectivity index (χ1) is 18.7. The van der Waals surface area contributed by atoms with Crippen LogP contribution in [0.2, 0.25) is 0 Å². The molecular formula is C36H60N2O2. The predicted molar refractivity (Wildman–Crippen MR) is 165 cm³/mol. The molecule has 0 amide bonds. The van der Waals surface area contributed by atoms with E-state index >= 15 is 0 Å². The largest absolute Gasteiger partial charge is 0.462 e. The molecule has 3 fully saturated rings. The third-order valence-corrected chi connectivity index (χ3v) is 13.6. The summed E-state index contributed by atoms with van der Waals surface area (Å²) in [5.74, 6) is 2.23. The van der Waals surface area contributed by atoms with Crippen LogP contribution in [0.4, 0.5) is 0 Å². The number of fused-ring (bicyclic) bond motifs is 4. The highest BCUT2D eigenvalue weighted by Gasteiger charge is 2.63. The zero-order valence-electron chi connectivity index (χ0n) is 27.4. The first kappa shape index (κ1) is 30.3. The van der Waals surface area contributed by atoms with Crippen molar-refractivity contribution < 1.29 is 9.53 Å². The van der Waals surface area contributed by atoms with Crippen molar-refractivity contribution in [1.82, 2.24) is 10.4 Å². The highest BCUT2D eigenvalue weighted by atomic mass is 16.5. The Balaban J connectivity index is 1.35. The highest BCUT2D eigenvalue weighted by Crippen LogP contribution is 2.72. The van der Waals surface area contributed by atoms with Crippen molar-refractivity contribution in [2.75, 3.05) is 20.1 Å². The monoisotopic (exact) mass is 552 g/mol. The molecule has 0 bridgehead atoms. The molecule has 40 heavy (non-hydrogen) atoms. The summed E-state index contributed by atoms with van der Waals surface area (Å²) in [7, 11) is 2.02. The maximum atomic E-state index is 13.3. The van der Waals surface area contributed by atoms with Gasteiger partial charge in [0, 0.05) is 25.6 Å². The van der Waals surface area contributed by atoms with E-state index in [0.29, 0.717) is 16.7 Å². The fraction of sp³-hybridized carbons (Fsp3) is 0.861. The van der Waals surface area contributed by atoms with Crippen molar-refractivity contribution in [1.29, 1.82) is 0 Å². The molecular weight excluding hydrogens is 492 g/mol. The van der Waals surface area contributed by atoms with Gasteiger partial charge >= 0.3 is 5.97 Å². The standard InChI is InChI=1S/C36H60N2O2/c1-24(2)11-10-12-25(3)27-15-20-36(8)29-13-14-30-33(4,5)31(40-32(39)26-18-22-37-38(9)23-26)17-19-34(30,6)28(29)16-21-35(27,36)7/h11,25-27,30-31,37H,10,12-23H2,1-9H3/t25-,26?,27-,30?,31+,34-,35-,36+/m1/s1. The van der Waals surface area contributed by atoms with Crippen LogP contribution in [0.25, 0.3) is 0 Å². The highest BCUT2D eigenvalue weighted by molar-refractivity contribution is 5.73. The number of esters is 1. The Hall–Kier alpha value is -1.13. The lowest BCUT2D eigenvalue weighted by atomic mass is 9.43. The molecule has 1 N–H and O–H groups in total. The van der Waals surface area contributed by atoms with Crippen molar-refractivity contribution in [3.8, 4) is 0 Å². The number of nitrogens with one attached hydrogen (secondary N) is 1. The van der Waals surface area contributed by atoms with Gasteiger partial charge in [0.05, 0.1) is 5.92 Å². The summed E-state index contributed by atoms with van der Waals surface area (Å²) in [6, 6.07) is 0. The van der Waals surface area contributed by atoms with Crippen LogP contribution in [-0.2, 0) is 9.53 Å². The molecule has 0 radical (unpaired) electrons. The topological polar surface area (TPSA) is 41.6 Å². The fourth-order valence-electron chi connectivity index (χ4n) is 11.0. The Morgan fingerprint density at radius 2 is 1.77 bits per heavy atom. The lowest BCUT2D eigenvalue weighted by Crippen LogP contribution is -2.56. The second-order valence-corrected chi connectivity index (χ2v) is 16.3. The van der Waals surface area contributed by atoms with Gasteiger partial charge < -0.3 is 4.74 Å². The lowest BCUT2D eigenvalue weighted by molar-refractivity contribution is -0.176. The summed E-state index contributed by atoms with van der Waals surface area (Å²) in [5, 5.41) is 2.04. The molecule has 8 atom stereocenters. The second-order valence-electron chi connectivity index (χ2n) is 16.3. The Bertz CT molecular complexity index is 1040. The average Bonchev–Trinajstić information content (AvgIpc) is 3.16. The smallest absolute Gasteiger partial charge is 0.310 e. The average molecular weight is 553 g/mol. The number of hydrogen-bond acceptors (Lipinski definition) is 4. The van der Waals surface area contributed by atoms with E-state index < -0.39 is 0 Å². The van der Waals surface area contributed by atoms with Gasteiger partial charge in [-0.3, -0.25) is 10.2 Å². The van der Waals surface area contributed by atoms with E-state index in [0.717, 1.165) is 37.8 Å². The molecule has 1 saturated heterocycles. The van der Waals surface area contributed by atoms with Gasteiger partial charge in [-0.2, -0.15) is 0 Å². The Kier molecular flexibility index (Phi) is 8.23. The Labute approximate surface area is 246 Å². The van der Waals surface area contributed by atoms with Gasteiger partial charge in [-0.1, -0.05) is 64.3 Å². The van der Waals surface area contributed by atoms with Crippen LogP contribution in [-0.4, -0.2) is 37.2 Å². The third-order valence-electron chi connectivity index (χ3n) is 13.6. The van der Waals surface area contributed by atoms with Gasteiger partial charge in [0.1, 0.15) is 6.10 Å². The van der Waals surface area contributed by atoms with E-state index in [1.807, 2.05) is 23.2 Å². The molecule has 4 heteroatoms. The van der Waals surface area contributed by atoms with E-state index in [-0.39, 0.29) is 28.8 Å². The lowest BCUT2D eigenvalue weighted by Gasteiger charge is -2.62. The molecule has 0 aromatic heterocycles. The van der Waals surface area contributed by atoms with Crippen LogP contribution in [0.3, 0.4) is 0 Å². The zero-order chi connectivity index (χ0) is 29.1. The summed E-state index contributed by atoms with van der Waals surface area (Å²) in [5.41, 5.74) is 9.48. The predicted octanol–water partition coefficient (Wildman–Crippen LogP) is 8.49. The van der Waals surface area contributed by atoms with Crippen LogP contribution in [0, 0.1) is 45.3 Å². The number of allylic oxidation sites excluding steroid dienone is 4. The van der Waals surface area contributed by atoms with Crippen molar-refractivity contribution in [3.63, 3.8) is 0 Å². The summed E-state index contributed by atoms with van der Waals surface area (Å²) >= 11 is 0. The second kappa shape index (κ2) is 10.9. The molecule has 1 aliphatic heterocycles. The fourth-order valence-corrected chi connectivity index (χ4v) is 11.0. The van der Waals surface area contributed by atoms with Gasteiger partial charge in [0.15, 0.2) is 0 Å². The number of carbonyl (C=O) groups is 1. The normalized spacial score (nSPS) is 41.9. The van der Waals surface area contributed by atoms with E-state index in [2.05, 4.69) is 66.9 Å². The molecule has 0 spiro atoms. The first-order valence-corrected chi connectivity index (χ1v) is 16.8. The number of hydrazine groups is 1. The van der Waals surface area contributed by atoms with Crippen molar-refractivity contribution in [3.05, 3.63) is 22.8 Å². The summed E-state index contributed by atoms with van der Waals surface area (Å²) in [6.07, 6.45) is 16.0. The van der Waals surface area contributed by atoms with Gasteiger partial charge in [-0.25, -0.2) is 5.01 Å². The third kappa shape index (κ3) is 4.85. The van der Waals surface area contributed by atoms with E-state index in [1.165, 1.54) is 63.4 Å². The first-order valence-electron chi connectivity index (χ1n) is 16.8. The molecule has 2 saturated carbocycles. The number of ether oxygens (including phenoxy) is 1. The minimum Gasteiger partial charge on any atom is -0.462 e. The Morgan fingerprint density at radius 1 is 1.02 bits per heavy atom. The number of nitrogens with zero attached hydrogens (tertiary/aromatic N) is 1. The van der Waals surface area contributed by atoms with Crippen LogP contribution in [0.15, 0.2) is 22.8 Å². The number of hydrogen-bond donors (Lipinski definition) is 1. The van der Waals surface area contributed by atoms with E-state index in [9.17, 15) is 4.79 Å². The minimum absolute atomic E-state index is 0.000679. The van der Waals surface area contributed by atoms with Crippen molar-refractivity contribution in [2.24, 2.45) is 45.3 Å². The molecule has 5 aliphatic rings. The van der Waals surface area contributed by atoms with Gasteiger partial charge in [0.25, 0.3) is 0 Å². The molecule has 2 unspecified atom stereocenters. The van der Waals surface area contributed by atoms with Gasteiger partial charge in [0.2, 0.25) is 0 Å². The number of rotatable bonds is 6. The molecule has 226 valence electrons. The van der Waals surface area contributed by atoms with E-state index in [4.69, 9.17) is 4.74 Å². The maximum Gasteiger partial charge on any atom is 0.310 e. The van der Waals surface area contributed by atoms with Crippen molar-refractivity contribution >= 4 is 5.97 Å². The molecule has 4 aliphatic carbocycles. The molecule has 4 nitrogen and oxygen atoms in total. The molecule has 1 heterocycles. The van der Waals surface area contributed by atoms with Gasteiger partial charge in [-0.15, -0.1) is 0 Å². The van der Waals surface area contributed by atoms with Crippen molar-refractivity contribution in [2.45, 2.75) is 132 Å². The summed E-state index contributed by atoms with van der Waals surface area (Å²) < 4.78 is 6.40. The van der Waals surface area contributed by atoms with Crippen LogP contribution < -0.4 is 5.43 Å². The molecule has 0 aromatic carbocycles. The maximum absolute atomic E-state index is 13.3. The zero-order valence-corrected chi connectivity index (χ0v) is 27.4. The van der Waals surface area contributed by atoms with Crippen LogP contribution in [0.1, 0.15) is 126 Å². The SMILES string of the molecule is CC(C)=CCC[C@@H](C)[C@H]1CC[C@@]2(C)C3=C(CC[C@]12C)[C@@]1(C)CC[C@H](OC(=O)C2CCNN(C)C2)C(C)(C)C1CC3. The number of carbonyl (C=O) groups excluding carboxylic acids is 1.